The van der Waals surface area contributed by atoms with Crippen molar-refractivity contribution < 1.29 is 4.74 Å². The number of nitrogens with zero attached hydrogens (tertiary/aromatic N) is 1. The molecule has 2 aromatic rings. The van der Waals surface area contributed by atoms with E-state index in [4.69, 9.17) is 4.74 Å². The predicted octanol–water partition coefficient (Wildman–Crippen LogP) is 5.47. The molecule has 88 valence electrons. The van der Waals surface area contributed by atoms with Gasteiger partial charge in [-0.25, -0.2) is 4.98 Å². The summed E-state index contributed by atoms with van der Waals surface area (Å²) in [6.07, 6.45) is 1.70. The first-order valence-corrected chi connectivity index (χ1v) is 7.19. The number of rotatable bonds is 2. The summed E-state index contributed by atoms with van der Waals surface area (Å²) in [7, 11) is 0. The van der Waals surface area contributed by atoms with Crippen LogP contribution < -0.4 is 4.74 Å². The summed E-state index contributed by atoms with van der Waals surface area (Å²) in [5.41, 5.74) is 1.12. The molecular formula is C12H8Br3NO. The lowest BCUT2D eigenvalue weighted by Gasteiger charge is -2.08. The van der Waals surface area contributed by atoms with Gasteiger partial charge in [0.2, 0.25) is 5.88 Å². The monoisotopic (exact) mass is 419 g/mol. The second-order valence-electron chi connectivity index (χ2n) is 3.45. The molecule has 0 atom stereocenters. The van der Waals surface area contributed by atoms with Crippen molar-refractivity contribution in [2.75, 3.05) is 0 Å². The quantitative estimate of drug-likeness (QED) is 0.641. The lowest BCUT2D eigenvalue weighted by atomic mass is 10.2. The van der Waals surface area contributed by atoms with E-state index in [2.05, 4.69) is 52.8 Å². The molecule has 0 N–H and O–H groups in total. The molecule has 0 unspecified atom stereocenters. The Hall–Kier alpha value is -0.390. The van der Waals surface area contributed by atoms with Crippen LogP contribution in [0.3, 0.4) is 0 Å². The molecule has 2 rings (SSSR count). The largest absolute Gasteiger partial charge is 0.438 e. The first-order valence-electron chi connectivity index (χ1n) is 4.81. The van der Waals surface area contributed by atoms with E-state index >= 15 is 0 Å². The van der Waals surface area contributed by atoms with Gasteiger partial charge >= 0.3 is 0 Å². The fourth-order valence-electron chi connectivity index (χ4n) is 1.27. The standard InChI is InChI=1S/C12H8Br3NO/c1-7-4-9(2-3-10(7)14)17-12-11(15)5-8(13)6-16-12/h2-6H,1H3. The maximum atomic E-state index is 5.70. The molecule has 2 nitrogen and oxygen atoms in total. The average Bonchev–Trinajstić information content (AvgIpc) is 2.27. The highest BCUT2D eigenvalue weighted by Crippen LogP contribution is 2.31. The number of aryl methyl sites for hydroxylation is 1. The number of hydrogen-bond acceptors (Lipinski definition) is 2. The molecule has 1 heterocycles. The molecule has 0 amide bonds. The summed E-state index contributed by atoms with van der Waals surface area (Å²) in [6.45, 7) is 2.01. The van der Waals surface area contributed by atoms with E-state index in [1.807, 2.05) is 31.2 Å². The van der Waals surface area contributed by atoms with Crippen LogP contribution in [0, 0.1) is 6.92 Å². The molecule has 0 spiro atoms. The number of aromatic nitrogens is 1. The van der Waals surface area contributed by atoms with Crippen LogP contribution in [0.25, 0.3) is 0 Å². The second kappa shape index (κ2) is 5.50. The van der Waals surface area contributed by atoms with Crippen molar-refractivity contribution in [3.8, 4) is 11.6 Å². The van der Waals surface area contributed by atoms with Crippen LogP contribution in [-0.4, -0.2) is 4.98 Å². The van der Waals surface area contributed by atoms with Crippen LogP contribution in [0.5, 0.6) is 11.6 Å². The van der Waals surface area contributed by atoms with E-state index in [9.17, 15) is 0 Å². The van der Waals surface area contributed by atoms with Crippen molar-refractivity contribution in [3.63, 3.8) is 0 Å². The summed E-state index contributed by atoms with van der Waals surface area (Å²) in [5, 5.41) is 0. The Balaban J connectivity index is 2.28. The minimum atomic E-state index is 0.551. The first-order chi connectivity index (χ1) is 8.06. The SMILES string of the molecule is Cc1cc(Oc2ncc(Br)cc2Br)ccc1Br. The minimum absolute atomic E-state index is 0.551. The van der Waals surface area contributed by atoms with Crippen molar-refractivity contribution in [3.05, 3.63) is 49.4 Å². The van der Waals surface area contributed by atoms with E-state index in [1.165, 1.54) is 0 Å². The van der Waals surface area contributed by atoms with Crippen LogP contribution in [0.1, 0.15) is 5.56 Å². The van der Waals surface area contributed by atoms with Crippen molar-refractivity contribution >= 4 is 47.8 Å². The van der Waals surface area contributed by atoms with Crippen molar-refractivity contribution in [1.29, 1.82) is 0 Å². The average molecular weight is 422 g/mol. The molecule has 0 radical (unpaired) electrons. The molecular weight excluding hydrogens is 414 g/mol. The van der Waals surface area contributed by atoms with Crippen molar-refractivity contribution in [1.82, 2.24) is 4.98 Å². The van der Waals surface area contributed by atoms with Crippen molar-refractivity contribution in [2.45, 2.75) is 6.92 Å². The topological polar surface area (TPSA) is 22.1 Å². The van der Waals surface area contributed by atoms with Gasteiger partial charge in [0.1, 0.15) is 5.75 Å². The van der Waals surface area contributed by atoms with E-state index in [1.54, 1.807) is 6.20 Å². The molecule has 0 saturated carbocycles. The Morgan fingerprint density at radius 3 is 2.47 bits per heavy atom. The summed E-state index contributed by atoms with van der Waals surface area (Å²) in [5.74, 6) is 1.32. The Bertz CT molecular complexity index is 557. The van der Waals surface area contributed by atoms with Gasteiger partial charge in [0.05, 0.1) is 4.47 Å². The van der Waals surface area contributed by atoms with Gasteiger partial charge in [0, 0.05) is 15.1 Å². The van der Waals surface area contributed by atoms with Crippen LogP contribution in [0.15, 0.2) is 43.9 Å². The summed E-state index contributed by atoms with van der Waals surface area (Å²) < 4.78 is 8.48. The van der Waals surface area contributed by atoms with Gasteiger partial charge in [0.25, 0.3) is 0 Å². The van der Waals surface area contributed by atoms with Gasteiger partial charge in [-0.15, -0.1) is 0 Å². The predicted molar refractivity (Wildman–Crippen MR) is 78.6 cm³/mol. The molecule has 0 aliphatic heterocycles. The third-order valence-electron chi connectivity index (χ3n) is 2.12. The number of benzene rings is 1. The summed E-state index contributed by atoms with van der Waals surface area (Å²) >= 11 is 10.2. The van der Waals surface area contributed by atoms with E-state index < -0.39 is 0 Å². The van der Waals surface area contributed by atoms with Gasteiger partial charge < -0.3 is 4.74 Å². The molecule has 1 aromatic heterocycles. The number of ether oxygens (including phenoxy) is 1. The van der Waals surface area contributed by atoms with Crippen LogP contribution >= 0.6 is 47.8 Å². The number of pyridine rings is 1. The minimum Gasteiger partial charge on any atom is -0.438 e. The number of hydrogen-bond donors (Lipinski definition) is 0. The van der Waals surface area contributed by atoms with Crippen LogP contribution in [0.2, 0.25) is 0 Å². The Labute approximate surface area is 125 Å². The first kappa shape index (κ1) is 13.1. The van der Waals surface area contributed by atoms with E-state index in [0.717, 1.165) is 24.7 Å². The lowest BCUT2D eigenvalue weighted by molar-refractivity contribution is 0.459. The van der Waals surface area contributed by atoms with Gasteiger partial charge in [-0.1, -0.05) is 15.9 Å². The summed E-state index contributed by atoms with van der Waals surface area (Å²) in [6, 6.07) is 7.71. The highest BCUT2D eigenvalue weighted by Gasteiger charge is 2.06. The third-order valence-corrected chi connectivity index (χ3v) is 4.01. The smallest absolute Gasteiger partial charge is 0.233 e. The van der Waals surface area contributed by atoms with Gasteiger partial charge in [0.15, 0.2) is 0 Å². The zero-order valence-corrected chi connectivity index (χ0v) is 13.6. The normalized spacial score (nSPS) is 10.4. The summed E-state index contributed by atoms with van der Waals surface area (Å²) in [4.78, 5) is 4.20. The fourth-order valence-corrected chi connectivity index (χ4v) is 2.58. The maximum absolute atomic E-state index is 5.70. The molecule has 0 aliphatic carbocycles. The van der Waals surface area contributed by atoms with Crippen molar-refractivity contribution in [2.24, 2.45) is 0 Å². The van der Waals surface area contributed by atoms with Crippen LogP contribution in [0.4, 0.5) is 0 Å². The Morgan fingerprint density at radius 2 is 1.82 bits per heavy atom. The van der Waals surface area contributed by atoms with Gasteiger partial charge in [-0.05, 0) is 68.6 Å². The second-order valence-corrected chi connectivity index (χ2v) is 6.08. The molecule has 17 heavy (non-hydrogen) atoms. The molecule has 5 heteroatoms. The molecule has 0 bridgehead atoms. The Morgan fingerprint density at radius 1 is 1.06 bits per heavy atom. The van der Waals surface area contributed by atoms with E-state index in [-0.39, 0.29) is 0 Å². The molecule has 0 fully saturated rings. The highest BCUT2D eigenvalue weighted by atomic mass is 79.9. The third kappa shape index (κ3) is 3.30. The highest BCUT2D eigenvalue weighted by molar-refractivity contribution is 9.11. The van der Waals surface area contributed by atoms with Gasteiger partial charge in [-0.3, -0.25) is 0 Å². The zero-order valence-electron chi connectivity index (χ0n) is 8.88. The van der Waals surface area contributed by atoms with Gasteiger partial charge in [-0.2, -0.15) is 0 Å². The lowest BCUT2D eigenvalue weighted by Crippen LogP contribution is -1.90. The fraction of sp³-hybridized carbons (Fsp3) is 0.0833. The number of halogens is 3. The molecule has 1 aromatic carbocycles. The van der Waals surface area contributed by atoms with Crippen LogP contribution in [-0.2, 0) is 0 Å². The molecule has 0 aliphatic rings. The zero-order chi connectivity index (χ0) is 12.4. The Kier molecular flexibility index (Phi) is 4.22. The van der Waals surface area contributed by atoms with E-state index in [0.29, 0.717) is 5.88 Å². The maximum Gasteiger partial charge on any atom is 0.233 e. The molecule has 0 saturated heterocycles.